The van der Waals surface area contributed by atoms with Gasteiger partial charge in [-0.3, -0.25) is 4.79 Å². The molecular weight excluding hydrogens is 468 g/mol. The van der Waals surface area contributed by atoms with E-state index in [0.717, 1.165) is 106 Å². The van der Waals surface area contributed by atoms with Gasteiger partial charge in [0.25, 0.3) is 0 Å². The molecule has 4 rings (SSSR count). The highest BCUT2D eigenvalue weighted by Crippen LogP contribution is 2.29. The van der Waals surface area contributed by atoms with E-state index in [-0.39, 0.29) is 19.0 Å². The van der Waals surface area contributed by atoms with Crippen LogP contribution >= 0.6 is 0 Å². The highest BCUT2D eigenvalue weighted by molar-refractivity contribution is 5.71. The van der Waals surface area contributed by atoms with Crippen molar-refractivity contribution in [3.8, 4) is 11.5 Å². The largest absolute Gasteiger partial charge is 0.481 e. The van der Waals surface area contributed by atoms with Gasteiger partial charge in [0.15, 0.2) is 12.6 Å². The second kappa shape index (κ2) is 14.8. The molecule has 6 heteroatoms. The van der Waals surface area contributed by atoms with Crippen molar-refractivity contribution in [2.75, 3.05) is 13.2 Å². The maximum absolute atomic E-state index is 10.6. The number of rotatable bonds is 13. The third kappa shape index (κ3) is 9.86. The predicted octanol–water partition coefficient (Wildman–Crippen LogP) is 7.25. The van der Waals surface area contributed by atoms with Gasteiger partial charge in [0, 0.05) is 25.3 Å². The van der Waals surface area contributed by atoms with Crippen LogP contribution in [0.2, 0.25) is 0 Å². The Morgan fingerprint density at radius 3 is 2.08 bits per heavy atom. The molecule has 0 aromatic heterocycles. The molecule has 0 aliphatic carbocycles. The third-order valence-corrected chi connectivity index (χ3v) is 6.74. The molecule has 0 spiro atoms. The van der Waals surface area contributed by atoms with Crippen molar-refractivity contribution < 1.29 is 28.8 Å². The lowest BCUT2D eigenvalue weighted by atomic mass is 10.0. The van der Waals surface area contributed by atoms with Crippen molar-refractivity contribution in [2.45, 2.75) is 89.6 Å². The monoisotopic (exact) mass is 508 g/mol. The van der Waals surface area contributed by atoms with Crippen LogP contribution in [0.5, 0.6) is 11.5 Å². The highest BCUT2D eigenvalue weighted by Gasteiger charge is 2.18. The van der Waals surface area contributed by atoms with Crippen molar-refractivity contribution in [1.82, 2.24) is 0 Å². The van der Waals surface area contributed by atoms with Gasteiger partial charge >= 0.3 is 5.97 Å². The Balaban J connectivity index is 1.39. The lowest BCUT2D eigenvalue weighted by Crippen LogP contribution is -2.26. The van der Waals surface area contributed by atoms with Crippen LogP contribution < -0.4 is 9.47 Å². The molecule has 2 aromatic rings. The minimum atomic E-state index is -0.708. The van der Waals surface area contributed by atoms with Crippen molar-refractivity contribution in [3.05, 3.63) is 59.2 Å². The fourth-order valence-corrected chi connectivity index (χ4v) is 4.74. The molecule has 6 nitrogen and oxygen atoms in total. The Bertz CT molecular complexity index is 966. The molecule has 0 saturated carbocycles. The SMILES string of the molecule is O=C(O)CCCCCCc1cccc(C=Cc2cc(OC3CCCCO3)cc(OC3CCCCO3)c2)c1. The van der Waals surface area contributed by atoms with Crippen LogP contribution in [0.4, 0.5) is 0 Å². The minimum absolute atomic E-state index is 0.215. The number of ether oxygens (including phenoxy) is 4. The first kappa shape index (κ1) is 27.2. The van der Waals surface area contributed by atoms with E-state index in [9.17, 15) is 4.79 Å². The minimum Gasteiger partial charge on any atom is -0.481 e. The maximum Gasteiger partial charge on any atom is 0.303 e. The number of aryl methyl sites for hydroxylation is 1. The summed E-state index contributed by atoms with van der Waals surface area (Å²) >= 11 is 0. The Kier molecular flexibility index (Phi) is 10.9. The maximum atomic E-state index is 10.6. The van der Waals surface area contributed by atoms with Crippen molar-refractivity contribution in [2.24, 2.45) is 0 Å². The Hall–Kier alpha value is -2.83. The first-order valence-electron chi connectivity index (χ1n) is 13.8. The Morgan fingerprint density at radius 2 is 1.46 bits per heavy atom. The normalized spacial score (nSPS) is 20.1. The summed E-state index contributed by atoms with van der Waals surface area (Å²) in [5.74, 6) is 0.785. The lowest BCUT2D eigenvalue weighted by Gasteiger charge is -2.25. The molecule has 0 amide bonds. The lowest BCUT2D eigenvalue weighted by molar-refractivity contribution is -0.137. The third-order valence-electron chi connectivity index (χ3n) is 6.74. The zero-order valence-electron chi connectivity index (χ0n) is 21.7. The predicted molar refractivity (Wildman–Crippen MR) is 145 cm³/mol. The summed E-state index contributed by atoms with van der Waals surface area (Å²) in [5, 5.41) is 8.76. The Labute approximate surface area is 220 Å². The zero-order chi connectivity index (χ0) is 25.7. The number of carbonyl (C=O) groups is 1. The summed E-state index contributed by atoms with van der Waals surface area (Å²) in [4.78, 5) is 10.6. The fourth-order valence-electron chi connectivity index (χ4n) is 4.74. The molecule has 0 radical (unpaired) electrons. The number of hydrogen-bond donors (Lipinski definition) is 1. The molecule has 0 bridgehead atoms. The molecule has 2 aromatic carbocycles. The second-order valence-corrected chi connectivity index (χ2v) is 9.95. The topological polar surface area (TPSA) is 74.2 Å². The van der Waals surface area contributed by atoms with Gasteiger partial charge < -0.3 is 24.1 Å². The summed E-state index contributed by atoms with van der Waals surface area (Å²) in [7, 11) is 0. The first-order chi connectivity index (χ1) is 18.1. The standard InChI is InChI=1S/C31H40O6/c32-29(33)13-4-2-1-3-10-24-11-9-12-25(20-24)16-17-26-21-27(36-30-14-5-7-18-34-30)23-28(22-26)37-31-15-6-8-19-35-31/h9,11-12,16-17,20-23,30-31H,1-8,10,13-15,18-19H2,(H,32,33). The molecule has 200 valence electrons. The molecule has 2 fully saturated rings. The average Bonchev–Trinajstić information content (AvgIpc) is 2.91. The summed E-state index contributed by atoms with van der Waals surface area (Å²) in [5.41, 5.74) is 3.44. The number of hydrogen-bond acceptors (Lipinski definition) is 5. The molecule has 2 saturated heterocycles. The van der Waals surface area contributed by atoms with Gasteiger partial charge in [0.2, 0.25) is 0 Å². The van der Waals surface area contributed by atoms with Crippen LogP contribution in [0.15, 0.2) is 42.5 Å². The summed E-state index contributed by atoms with van der Waals surface area (Å²) in [6, 6.07) is 14.6. The van der Waals surface area contributed by atoms with Gasteiger partial charge in [-0.15, -0.1) is 0 Å². The van der Waals surface area contributed by atoms with Crippen molar-refractivity contribution >= 4 is 18.1 Å². The van der Waals surface area contributed by atoms with Gasteiger partial charge in [0.05, 0.1) is 13.2 Å². The summed E-state index contributed by atoms with van der Waals surface area (Å²) in [6.07, 6.45) is 15.1. The molecule has 2 unspecified atom stereocenters. The Morgan fingerprint density at radius 1 is 0.811 bits per heavy atom. The average molecular weight is 509 g/mol. The second-order valence-electron chi connectivity index (χ2n) is 9.95. The summed E-state index contributed by atoms with van der Waals surface area (Å²) < 4.78 is 23.9. The molecule has 1 N–H and O–H groups in total. The number of benzene rings is 2. The van der Waals surface area contributed by atoms with Crippen LogP contribution in [-0.2, 0) is 20.7 Å². The van der Waals surface area contributed by atoms with Crippen LogP contribution in [0.3, 0.4) is 0 Å². The van der Waals surface area contributed by atoms with E-state index >= 15 is 0 Å². The first-order valence-corrected chi connectivity index (χ1v) is 13.8. The van der Waals surface area contributed by atoms with E-state index in [2.05, 4.69) is 36.4 Å². The van der Waals surface area contributed by atoms with Crippen molar-refractivity contribution in [1.29, 1.82) is 0 Å². The van der Waals surface area contributed by atoms with E-state index in [1.807, 2.05) is 18.2 Å². The van der Waals surface area contributed by atoms with E-state index < -0.39 is 5.97 Å². The molecular formula is C31H40O6. The van der Waals surface area contributed by atoms with Gasteiger partial charge in [-0.1, -0.05) is 49.3 Å². The molecule has 2 heterocycles. The number of carboxylic acid groups (broad SMARTS) is 1. The molecule has 2 atom stereocenters. The number of aliphatic carboxylic acids is 1. The van der Waals surface area contributed by atoms with Crippen LogP contribution in [0, 0.1) is 0 Å². The van der Waals surface area contributed by atoms with Gasteiger partial charge in [0.1, 0.15) is 11.5 Å². The molecule has 2 aliphatic heterocycles. The van der Waals surface area contributed by atoms with Gasteiger partial charge in [-0.05, 0) is 73.8 Å². The van der Waals surface area contributed by atoms with Crippen LogP contribution in [0.25, 0.3) is 12.2 Å². The van der Waals surface area contributed by atoms with E-state index in [0.29, 0.717) is 0 Å². The van der Waals surface area contributed by atoms with E-state index in [1.54, 1.807) is 0 Å². The van der Waals surface area contributed by atoms with E-state index in [4.69, 9.17) is 24.1 Å². The highest BCUT2D eigenvalue weighted by atomic mass is 16.7. The van der Waals surface area contributed by atoms with Gasteiger partial charge in [-0.25, -0.2) is 0 Å². The molecule has 37 heavy (non-hydrogen) atoms. The zero-order valence-corrected chi connectivity index (χ0v) is 21.7. The van der Waals surface area contributed by atoms with Crippen molar-refractivity contribution in [3.63, 3.8) is 0 Å². The quantitative estimate of drug-likeness (QED) is 0.227. The smallest absolute Gasteiger partial charge is 0.303 e. The number of carboxylic acids is 1. The number of unbranched alkanes of at least 4 members (excludes halogenated alkanes) is 3. The molecule has 2 aliphatic rings. The van der Waals surface area contributed by atoms with Crippen LogP contribution in [0.1, 0.15) is 87.3 Å². The summed E-state index contributed by atoms with van der Waals surface area (Å²) in [6.45, 7) is 1.48. The van der Waals surface area contributed by atoms with E-state index in [1.165, 1.54) is 5.56 Å². The van der Waals surface area contributed by atoms with Gasteiger partial charge in [-0.2, -0.15) is 0 Å². The van der Waals surface area contributed by atoms with Crippen LogP contribution in [-0.4, -0.2) is 36.9 Å². The fraction of sp³-hybridized carbons (Fsp3) is 0.516.